The van der Waals surface area contributed by atoms with E-state index in [9.17, 15) is 14.4 Å². The number of nitrogens with zero attached hydrogens (tertiary/aromatic N) is 1. The maximum absolute atomic E-state index is 13.0. The molecule has 29 heavy (non-hydrogen) atoms. The topological polar surface area (TPSA) is 65.4 Å². The predicted molar refractivity (Wildman–Crippen MR) is 112 cm³/mol. The molecule has 1 heterocycles. The van der Waals surface area contributed by atoms with Crippen molar-refractivity contribution in [2.45, 2.75) is 12.6 Å². The largest absolute Gasteiger partial charge is 0.448 e. The van der Waals surface area contributed by atoms with Gasteiger partial charge in [-0.15, -0.1) is 0 Å². The zero-order chi connectivity index (χ0) is 20.2. The fourth-order valence-electron chi connectivity index (χ4n) is 3.12. The Morgan fingerprint density at radius 1 is 0.862 bits per heavy atom. The Balaban J connectivity index is 1.62. The number of fused-ring (bicyclic) bond motifs is 1. The molecule has 1 atom stereocenters. The molecule has 0 N–H and O–H groups in total. The highest BCUT2D eigenvalue weighted by Gasteiger charge is 2.26. The lowest BCUT2D eigenvalue weighted by atomic mass is 10.00. The Morgan fingerprint density at radius 3 is 2.21 bits per heavy atom. The molecule has 0 bridgehead atoms. The fourth-order valence-corrected chi connectivity index (χ4v) is 4.01. The van der Waals surface area contributed by atoms with Crippen LogP contribution in [0, 0.1) is 0 Å². The van der Waals surface area contributed by atoms with Gasteiger partial charge in [0.25, 0.3) is 0 Å². The second-order valence-electron chi connectivity index (χ2n) is 6.43. The number of benzene rings is 3. The van der Waals surface area contributed by atoms with Crippen molar-refractivity contribution in [1.82, 2.24) is 4.57 Å². The summed E-state index contributed by atoms with van der Waals surface area (Å²) in [5, 5.41) is 0. The molecule has 4 rings (SSSR count). The van der Waals surface area contributed by atoms with Crippen molar-refractivity contribution in [2.75, 3.05) is 0 Å². The number of ketones is 1. The third kappa shape index (κ3) is 4.02. The van der Waals surface area contributed by atoms with Crippen LogP contribution >= 0.6 is 11.3 Å². The highest BCUT2D eigenvalue weighted by atomic mass is 32.1. The third-order valence-corrected chi connectivity index (χ3v) is 5.47. The molecule has 6 heteroatoms. The highest BCUT2D eigenvalue weighted by Crippen LogP contribution is 2.23. The van der Waals surface area contributed by atoms with Crippen molar-refractivity contribution >= 4 is 33.3 Å². The quantitative estimate of drug-likeness (QED) is 0.357. The second kappa shape index (κ2) is 8.24. The lowest BCUT2D eigenvalue weighted by Crippen LogP contribution is -2.25. The number of para-hydroxylation sites is 1. The van der Waals surface area contributed by atoms with E-state index in [-0.39, 0.29) is 17.2 Å². The lowest BCUT2D eigenvalue weighted by Gasteiger charge is -2.17. The third-order valence-electron chi connectivity index (χ3n) is 4.51. The van der Waals surface area contributed by atoms with Crippen LogP contribution in [0.25, 0.3) is 10.2 Å². The van der Waals surface area contributed by atoms with Crippen molar-refractivity contribution < 1.29 is 14.3 Å². The minimum atomic E-state index is -1.08. The molecule has 0 spiro atoms. The van der Waals surface area contributed by atoms with Crippen molar-refractivity contribution in [3.8, 4) is 0 Å². The summed E-state index contributed by atoms with van der Waals surface area (Å²) in [4.78, 5) is 37.8. The first-order chi connectivity index (χ1) is 14.1. The minimum Gasteiger partial charge on any atom is -0.448 e. The zero-order valence-electron chi connectivity index (χ0n) is 15.4. The molecule has 5 nitrogen and oxygen atoms in total. The Morgan fingerprint density at radius 2 is 1.48 bits per heavy atom. The Bertz CT molecular complexity index is 1210. The molecule has 144 valence electrons. The number of carbonyl (C=O) groups excluding carboxylic acids is 2. The van der Waals surface area contributed by atoms with Gasteiger partial charge in [0.2, 0.25) is 5.78 Å². The minimum absolute atomic E-state index is 0.242. The molecule has 1 aromatic heterocycles. The smallest absolute Gasteiger partial charge is 0.327 e. The molecule has 0 unspecified atom stereocenters. The van der Waals surface area contributed by atoms with E-state index in [1.807, 2.05) is 30.3 Å². The van der Waals surface area contributed by atoms with E-state index in [1.54, 1.807) is 54.6 Å². The molecular weight excluding hydrogens is 386 g/mol. The molecule has 3 aromatic carbocycles. The SMILES string of the molecule is O=C(Cn1c(=O)sc2ccccc21)O[C@H](C(=O)c1ccccc1)c1ccccc1. The molecule has 0 radical (unpaired) electrons. The van der Waals surface area contributed by atoms with Crippen LogP contribution in [-0.4, -0.2) is 16.3 Å². The fraction of sp³-hybridized carbons (Fsp3) is 0.0870. The van der Waals surface area contributed by atoms with Gasteiger partial charge in [-0.3, -0.25) is 19.0 Å². The van der Waals surface area contributed by atoms with Gasteiger partial charge >= 0.3 is 10.8 Å². The van der Waals surface area contributed by atoms with Crippen molar-refractivity contribution in [3.05, 3.63) is 106 Å². The molecule has 0 fully saturated rings. The first-order valence-corrected chi connectivity index (χ1v) is 9.87. The van der Waals surface area contributed by atoms with Crippen molar-refractivity contribution in [1.29, 1.82) is 0 Å². The van der Waals surface area contributed by atoms with Gasteiger partial charge in [-0.25, -0.2) is 0 Å². The Labute approximate surface area is 170 Å². The van der Waals surface area contributed by atoms with Gasteiger partial charge in [0, 0.05) is 11.1 Å². The van der Waals surface area contributed by atoms with Crippen LogP contribution in [-0.2, 0) is 16.1 Å². The summed E-state index contributed by atoms with van der Waals surface area (Å²) in [6, 6.07) is 24.8. The lowest BCUT2D eigenvalue weighted by molar-refractivity contribution is -0.148. The number of hydrogen-bond acceptors (Lipinski definition) is 5. The maximum atomic E-state index is 13.0. The summed E-state index contributed by atoms with van der Waals surface area (Å²) in [5.41, 5.74) is 1.70. The molecule has 0 saturated heterocycles. The number of Topliss-reactive ketones (excluding diaryl/α,β-unsaturated/α-hetero) is 1. The number of esters is 1. The number of rotatable bonds is 6. The van der Waals surface area contributed by atoms with Gasteiger partial charge < -0.3 is 4.74 Å². The van der Waals surface area contributed by atoms with Crippen LogP contribution < -0.4 is 4.87 Å². The van der Waals surface area contributed by atoms with Crippen molar-refractivity contribution in [2.24, 2.45) is 0 Å². The molecule has 0 aliphatic heterocycles. The first-order valence-electron chi connectivity index (χ1n) is 9.05. The van der Waals surface area contributed by atoms with Gasteiger partial charge in [-0.2, -0.15) is 0 Å². The molecular formula is C23H17NO4S. The van der Waals surface area contributed by atoms with Crippen LogP contribution in [0.3, 0.4) is 0 Å². The van der Waals surface area contributed by atoms with Gasteiger partial charge in [-0.05, 0) is 12.1 Å². The average Bonchev–Trinajstić information content (AvgIpc) is 3.08. The first kappa shape index (κ1) is 18.8. The van der Waals surface area contributed by atoms with E-state index in [0.717, 1.165) is 16.0 Å². The van der Waals surface area contributed by atoms with Crippen LogP contribution in [0.5, 0.6) is 0 Å². The summed E-state index contributed by atoms with van der Waals surface area (Å²) in [5.74, 6) is -0.957. The predicted octanol–water partition coefficient (Wildman–Crippen LogP) is 4.23. The number of thiazole rings is 1. The zero-order valence-corrected chi connectivity index (χ0v) is 16.2. The van der Waals surface area contributed by atoms with E-state index >= 15 is 0 Å². The Hall–Kier alpha value is -3.51. The average molecular weight is 403 g/mol. The van der Waals surface area contributed by atoms with Crippen LogP contribution in [0.1, 0.15) is 22.0 Å². The number of carbonyl (C=O) groups is 2. The summed E-state index contributed by atoms with van der Waals surface area (Å²) in [7, 11) is 0. The molecule has 0 amide bonds. The van der Waals surface area contributed by atoms with E-state index in [2.05, 4.69) is 0 Å². The summed E-state index contributed by atoms with van der Waals surface area (Å²) in [6.07, 6.45) is -1.08. The molecule has 0 saturated carbocycles. The summed E-state index contributed by atoms with van der Waals surface area (Å²) in [6.45, 7) is -0.256. The van der Waals surface area contributed by atoms with Gasteiger partial charge in [-0.1, -0.05) is 84.1 Å². The van der Waals surface area contributed by atoms with Gasteiger partial charge in [0.15, 0.2) is 6.10 Å². The van der Waals surface area contributed by atoms with Crippen LogP contribution in [0.4, 0.5) is 0 Å². The number of aromatic nitrogens is 1. The summed E-state index contributed by atoms with van der Waals surface area (Å²) < 4.78 is 7.76. The van der Waals surface area contributed by atoms with Gasteiger partial charge in [0.05, 0.1) is 10.2 Å². The Kier molecular flexibility index (Phi) is 5.35. The van der Waals surface area contributed by atoms with Gasteiger partial charge in [0.1, 0.15) is 6.54 Å². The highest BCUT2D eigenvalue weighted by molar-refractivity contribution is 7.16. The molecule has 0 aliphatic rings. The molecule has 0 aliphatic carbocycles. The number of ether oxygens (including phenoxy) is 1. The van der Waals surface area contributed by atoms with E-state index in [1.165, 1.54) is 4.57 Å². The monoisotopic (exact) mass is 403 g/mol. The maximum Gasteiger partial charge on any atom is 0.327 e. The second-order valence-corrected chi connectivity index (χ2v) is 7.43. The van der Waals surface area contributed by atoms with Crippen LogP contribution in [0.15, 0.2) is 89.7 Å². The van der Waals surface area contributed by atoms with E-state index < -0.39 is 12.1 Å². The van der Waals surface area contributed by atoms with Crippen molar-refractivity contribution in [3.63, 3.8) is 0 Å². The number of hydrogen-bond donors (Lipinski definition) is 0. The van der Waals surface area contributed by atoms with E-state index in [0.29, 0.717) is 16.6 Å². The van der Waals surface area contributed by atoms with Crippen LogP contribution in [0.2, 0.25) is 0 Å². The molecule has 4 aromatic rings. The van der Waals surface area contributed by atoms with E-state index in [4.69, 9.17) is 4.74 Å². The normalized spacial score (nSPS) is 11.9. The summed E-state index contributed by atoms with van der Waals surface area (Å²) >= 11 is 1.07. The standard InChI is InChI=1S/C23H17NO4S/c25-20(15-24-18-13-7-8-14-19(18)29-23(24)27)28-22(17-11-5-2-6-12-17)21(26)16-9-3-1-4-10-16/h1-14,22H,15H2/t22-/m0/s1.